The van der Waals surface area contributed by atoms with Crippen molar-refractivity contribution in [2.75, 3.05) is 7.05 Å². The monoisotopic (exact) mass is 279 g/mol. The topological polar surface area (TPSA) is 105 Å². The first-order valence-corrected chi connectivity index (χ1v) is 5.98. The van der Waals surface area contributed by atoms with Gasteiger partial charge in [-0.25, -0.2) is 4.79 Å². The molecular formula is C11H9N3O4S. The molecule has 0 radical (unpaired) electrons. The van der Waals surface area contributed by atoms with Crippen LogP contribution in [0.4, 0.5) is 0 Å². The van der Waals surface area contributed by atoms with Gasteiger partial charge in [0.1, 0.15) is 5.03 Å². The van der Waals surface area contributed by atoms with Crippen LogP contribution in [-0.4, -0.2) is 34.2 Å². The summed E-state index contributed by atoms with van der Waals surface area (Å²) < 4.78 is 5.06. The summed E-state index contributed by atoms with van der Waals surface area (Å²) in [6, 6.07) is 6.01. The maximum atomic E-state index is 11.3. The van der Waals surface area contributed by atoms with Crippen LogP contribution in [0.1, 0.15) is 21.0 Å². The first-order chi connectivity index (χ1) is 9.10. The van der Waals surface area contributed by atoms with Crippen molar-refractivity contribution in [1.82, 2.24) is 15.5 Å². The van der Waals surface area contributed by atoms with Gasteiger partial charge in [-0.3, -0.25) is 4.79 Å². The standard InChI is InChI=1S/C11H9N3O4S/c1-12-10(15)6-2-4-8(14-13-6)19-9-5-3-7(18-9)11(16)17/h2-5H,1H3,(H,12,15)(H,16,17). The molecule has 0 atom stereocenters. The minimum atomic E-state index is -1.13. The van der Waals surface area contributed by atoms with Crippen molar-refractivity contribution in [3.63, 3.8) is 0 Å². The third kappa shape index (κ3) is 3.10. The summed E-state index contributed by atoms with van der Waals surface area (Å²) in [7, 11) is 1.50. The molecule has 0 aliphatic heterocycles. The molecule has 2 aromatic heterocycles. The number of hydrogen-bond donors (Lipinski definition) is 2. The Morgan fingerprint density at radius 2 is 2.05 bits per heavy atom. The number of carbonyl (C=O) groups excluding carboxylic acids is 1. The lowest BCUT2D eigenvalue weighted by Gasteiger charge is -1.99. The lowest BCUT2D eigenvalue weighted by atomic mass is 10.4. The Labute approximate surface area is 112 Å². The lowest BCUT2D eigenvalue weighted by molar-refractivity contribution is 0.0656. The molecule has 2 N–H and O–H groups in total. The van der Waals surface area contributed by atoms with Gasteiger partial charge in [-0.05, 0) is 36.0 Å². The number of furan rings is 1. The van der Waals surface area contributed by atoms with Crippen molar-refractivity contribution in [3.05, 3.63) is 35.7 Å². The summed E-state index contributed by atoms with van der Waals surface area (Å²) in [5.74, 6) is -1.60. The number of carbonyl (C=O) groups is 2. The second-order valence-corrected chi connectivity index (χ2v) is 4.39. The fourth-order valence-electron chi connectivity index (χ4n) is 1.22. The summed E-state index contributed by atoms with van der Waals surface area (Å²) in [6.07, 6.45) is 0. The number of hydrogen-bond acceptors (Lipinski definition) is 6. The molecule has 0 fully saturated rings. The molecule has 0 spiro atoms. The molecule has 0 saturated heterocycles. The third-order valence-electron chi connectivity index (χ3n) is 2.10. The third-order valence-corrected chi connectivity index (χ3v) is 2.94. The molecule has 0 aliphatic rings. The molecule has 98 valence electrons. The summed E-state index contributed by atoms with van der Waals surface area (Å²) in [6.45, 7) is 0. The Bertz CT molecular complexity index is 609. The van der Waals surface area contributed by atoms with Gasteiger partial charge in [-0.15, -0.1) is 10.2 Å². The van der Waals surface area contributed by atoms with E-state index in [0.29, 0.717) is 10.1 Å². The zero-order chi connectivity index (χ0) is 13.8. The van der Waals surface area contributed by atoms with Gasteiger partial charge < -0.3 is 14.8 Å². The molecule has 2 aromatic rings. The summed E-state index contributed by atoms with van der Waals surface area (Å²) in [5, 5.41) is 19.6. The van der Waals surface area contributed by atoms with Crippen LogP contribution in [0.25, 0.3) is 0 Å². The van der Waals surface area contributed by atoms with Crippen LogP contribution in [0, 0.1) is 0 Å². The van der Waals surface area contributed by atoms with E-state index in [4.69, 9.17) is 9.52 Å². The van der Waals surface area contributed by atoms with E-state index in [-0.39, 0.29) is 17.4 Å². The highest BCUT2D eigenvalue weighted by Gasteiger charge is 2.11. The minimum absolute atomic E-state index is 0.141. The molecule has 0 bridgehead atoms. The number of carboxylic acid groups (broad SMARTS) is 1. The molecule has 7 nitrogen and oxygen atoms in total. The molecule has 19 heavy (non-hydrogen) atoms. The van der Waals surface area contributed by atoms with Crippen LogP contribution < -0.4 is 5.32 Å². The smallest absolute Gasteiger partial charge is 0.371 e. The number of rotatable bonds is 4. The molecule has 0 aliphatic carbocycles. The highest BCUT2D eigenvalue weighted by atomic mass is 32.2. The fraction of sp³-hybridized carbons (Fsp3) is 0.0909. The maximum Gasteiger partial charge on any atom is 0.371 e. The average Bonchev–Trinajstić information content (AvgIpc) is 2.87. The second kappa shape index (κ2) is 5.53. The Hall–Kier alpha value is -2.35. The van der Waals surface area contributed by atoms with Gasteiger partial charge in [0.25, 0.3) is 5.91 Å². The molecule has 1 amide bonds. The zero-order valence-electron chi connectivity index (χ0n) is 9.78. The fourth-order valence-corrected chi connectivity index (χ4v) is 1.91. The summed E-state index contributed by atoms with van der Waals surface area (Å²) >= 11 is 1.12. The molecule has 0 aromatic carbocycles. The van der Waals surface area contributed by atoms with Crippen molar-refractivity contribution in [3.8, 4) is 0 Å². The van der Waals surface area contributed by atoms with Crippen molar-refractivity contribution in [2.45, 2.75) is 10.1 Å². The van der Waals surface area contributed by atoms with Gasteiger partial charge >= 0.3 is 5.97 Å². The Kier molecular flexibility index (Phi) is 3.81. The first-order valence-electron chi connectivity index (χ1n) is 5.17. The molecule has 2 rings (SSSR count). The van der Waals surface area contributed by atoms with E-state index >= 15 is 0 Å². The largest absolute Gasteiger partial charge is 0.475 e. The first kappa shape index (κ1) is 13.1. The molecule has 0 saturated carbocycles. The minimum Gasteiger partial charge on any atom is -0.475 e. The predicted molar refractivity (Wildman–Crippen MR) is 65.2 cm³/mol. The number of aromatic nitrogens is 2. The van der Waals surface area contributed by atoms with Crippen molar-refractivity contribution in [2.24, 2.45) is 0 Å². The van der Waals surface area contributed by atoms with Gasteiger partial charge in [0.2, 0.25) is 5.76 Å². The highest BCUT2D eigenvalue weighted by Crippen LogP contribution is 2.27. The molecular weight excluding hydrogens is 270 g/mol. The molecule has 8 heteroatoms. The van der Waals surface area contributed by atoms with Crippen LogP contribution in [0.15, 0.2) is 38.8 Å². The number of carboxylic acids is 1. The van der Waals surface area contributed by atoms with Gasteiger partial charge in [0.05, 0.1) is 0 Å². The van der Waals surface area contributed by atoms with Crippen LogP contribution in [0.3, 0.4) is 0 Å². The predicted octanol–water partition coefficient (Wildman–Crippen LogP) is 1.28. The zero-order valence-corrected chi connectivity index (χ0v) is 10.6. The second-order valence-electron chi connectivity index (χ2n) is 3.36. The van der Waals surface area contributed by atoms with E-state index in [0.717, 1.165) is 11.8 Å². The SMILES string of the molecule is CNC(=O)c1ccc(Sc2ccc(C(=O)O)o2)nn1. The van der Waals surface area contributed by atoms with Gasteiger partial charge in [-0.2, -0.15) is 0 Å². The van der Waals surface area contributed by atoms with Crippen LogP contribution in [0.5, 0.6) is 0 Å². The van der Waals surface area contributed by atoms with E-state index in [2.05, 4.69) is 15.5 Å². The number of nitrogens with zero attached hydrogens (tertiary/aromatic N) is 2. The summed E-state index contributed by atoms with van der Waals surface area (Å²) in [4.78, 5) is 21.9. The van der Waals surface area contributed by atoms with Crippen molar-refractivity contribution in [1.29, 1.82) is 0 Å². The normalized spacial score (nSPS) is 10.2. The highest BCUT2D eigenvalue weighted by molar-refractivity contribution is 7.99. The average molecular weight is 279 g/mol. The maximum absolute atomic E-state index is 11.3. The van der Waals surface area contributed by atoms with E-state index in [1.54, 1.807) is 6.07 Å². The summed E-state index contributed by atoms with van der Waals surface area (Å²) in [5.41, 5.74) is 0.206. The number of aromatic carboxylic acids is 1. The van der Waals surface area contributed by atoms with Gasteiger partial charge in [0, 0.05) is 7.05 Å². The van der Waals surface area contributed by atoms with E-state index in [9.17, 15) is 9.59 Å². The molecule has 2 heterocycles. The van der Waals surface area contributed by atoms with Crippen LogP contribution >= 0.6 is 11.8 Å². The Balaban J connectivity index is 2.10. The Morgan fingerprint density at radius 1 is 1.26 bits per heavy atom. The van der Waals surface area contributed by atoms with Crippen molar-refractivity contribution >= 4 is 23.6 Å². The van der Waals surface area contributed by atoms with E-state index in [1.165, 1.54) is 25.2 Å². The Morgan fingerprint density at radius 3 is 2.58 bits per heavy atom. The lowest BCUT2D eigenvalue weighted by Crippen LogP contribution is -2.19. The number of amides is 1. The van der Waals surface area contributed by atoms with Crippen LogP contribution in [0.2, 0.25) is 0 Å². The van der Waals surface area contributed by atoms with E-state index in [1.807, 2.05) is 0 Å². The van der Waals surface area contributed by atoms with E-state index < -0.39 is 5.97 Å². The van der Waals surface area contributed by atoms with Gasteiger partial charge in [-0.1, -0.05) is 0 Å². The quantitative estimate of drug-likeness (QED) is 0.868. The van der Waals surface area contributed by atoms with Gasteiger partial charge in [0.15, 0.2) is 10.8 Å². The molecule has 0 unspecified atom stereocenters. The van der Waals surface area contributed by atoms with Crippen molar-refractivity contribution < 1.29 is 19.1 Å². The van der Waals surface area contributed by atoms with Crippen LogP contribution in [-0.2, 0) is 0 Å². The number of nitrogens with one attached hydrogen (secondary N) is 1.